The summed E-state index contributed by atoms with van der Waals surface area (Å²) in [6.45, 7) is 4.57. The van der Waals surface area contributed by atoms with E-state index in [2.05, 4.69) is 5.10 Å². The highest BCUT2D eigenvalue weighted by atomic mass is 16.5. The Morgan fingerprint density at radius 3 is 2.78 bits per heavy atom. The largest absolute Gasteiger partial charge is 0.496 e. The van der Waals surface area contributed by atoms with Crippen LogP contribution in [-0.4, -0.2) is 22.7 Å². The van der Waals surface area contributed by atoms with Gasteiger partial charge in [0.1, 0.15) is 11.4 Å². The Labute approximate surface area is 106 Å². The van der Waals surface area contributed by atoms with E-state index in [1.165, 1.54) is 0 Å². The first kappa shape index (κ1) is 12.4. The lowest BCUT2D eigenvalue weighted by molar-refractivity contribution is 0.102. The number of benzene rings is 1. The molecule has 4 nitrogen and oxygen atoms in total. The van der Waals surface area contributed by atoms with Crippen LogP contribution in [0.3, 0.4) is 0 Å². The van der Waals surface area contributed by atoms with Crippen LogP contribution in [0, 0.1) is 6.92 Å². The second-order valence-electron chi connectivity index (χ2n) is 4.05. The minimum Gasteiger partial charge on any atom is -0.496 e. The molecule has 0 amide bonds. The Bertz CT molecular complexity index is 573. The number of aromatic nitrogens is 2. The molecule has 94 valence electrons. The third-order valence-electron chi connectivity index (χ3n) is 2.91. The van der Waals surface area contributed by atoms with Crippen LogP contribution in [0.4, 0.5) is 0 Å². The van der Waals surface area contributed by atoms with Gasteiger partial charge in [-0.15, -0.1) is 0 Å². The molecule has 0 spiro atoms. The van der Waals surface area contributed by atoms with E-state index >= 15 is 0 Å². The highest BCUT2D eigenvalue weighted by molar-refractivity contribution is 6.08. The molecule has 0 aliphatic carbocycles. The molecule has 0 radical (unpaired) electrons. The van der Waals surface area contributed by atoms with E-state index in [1.807, 2.05) is 26.0 Å². The Morgan fingerprint density at radius 1 is 1.39 bits per heavy atom. The summed E-state index contributed by atoms with van der Waals surface area (Å²) in [7, 11) is 1.62. The lowest BCUT2D eigenvalue weighted by Crippen LogP contribution is -2.10. The number of hydrogen-bond acceptors (Lipinski definition) is 3. The van der Waals surface area contributed by atoms with Crippen molar-refractivity contribution in [2.75, 3.05) is 7.11 Å². The van der Waals surface area contributed by atoms with E-state index in [-0.39, 0.29) is 5.78 Å². The van der Waals surface area contributed by atoms with Gasteiger partial charge in [-0.05, 0) is 43.7 Å². The molecular formula is C14H16N2O2. The minimum absolute atomic E-state index is 0.0138. The molecule has 1 aromatic carbocycles. The number of methoxy groups -OCH3 is 1. The number of aryl methyl sites for hydroxylation is 2. The van der Waals surface area contributed by atoms with Crippen molar-refractivity contribution in [1.29, 1.82) is 0 Å². The van der Waals surface area contributed by atoms with Crippen molar-refractivity contribution in [1.82, 2.24) is 9.78 Å². The van der Waals surface area contributed by atoms with E-state index < -0.39 is 0 Å². The van der Waals surface area contributed by atoms with Gasteiger partial charge in [0.05, 0.1) is 7.11 Å². The van der Waals surface area contributed by atoms with Crippen molar-refractivity contribution in [3.63, 3.8) is 0 Å². The van der Waals surface area contributed by atoms with Gasteiger partial charge in [-0.3, -0.25) is 9.48 Å². The van der Waals surface area contributed by atoms with Gasteiger partial charge in [0.15, 0.2) is 0 Å². The zero-order chi connectivity index (χ0) is 13.1. The van der Waals surface area contributed by atoms with E-state index in [9.17, 15) is 4.79 Å². The molecule has 0 N–H and O–H groups in total. The van der Waals surface area contributed by atoms with E-state index in [1.54, 1.807) is 30.1 Å². The highest BCUT2D eigenvalue weighted by Gasteiger charge is 2.14. The lowest BCUT2D eigenvalue weighted by atomic mass is 10.0. The summed E-state index contributed by atoms with van der Waals surface area (Å²) in [5.74, 6) is 0.774. The molecule has 0 bridgehead atoms. The molecule has 0 saturated carbocycles. The predicted molar refractivity (Wildman–Crippen MR) is 69.1 cm³/mol. The van der Waals surface area contributed by atoms with Crippen LogP contribution in [0.1, 0.15) is 28.5 Å². The monoisotopic (exact) mass is 244 g/mol. The predicted octanol–water partition coefficient (Wildman–Crippen LogP) is 2.45. The molecule has 2 rings (SSSR count). The minimum atomic E-state index is -0.0138. The fraction of sp³-hybridized carbons (Fsp3) is 0.286. The average molecular weight is 244 g/mol. The van der Waals surface area contributed by atoms with Crippen molar-refractivity contribution < 1.29 is 9.53 Å². The molecule has 1 aromatic heterocycles. The highest BCUT2D eigenvalue weighted by Crippen LogP contribution is 2.20. The number of carbonyl (C=O) groups is 1. The molecule has 0 aliphatic rings. The van der Waals surface area contributed by atoms with Crippen molar-refractivity contribution >= 4 is 5.78 Å². The molecule has 0 unspecified atom stereocenters. The Hall–Kier alpha value is -2.10. The molecule has 2 aromatic rings. The Morgan fingerprint density at radius 2 is 2.17 bits per heavy atom. The third-order valence-corrected chi connectivity index (χ3v) is 2.91. The summed E-state index contributed by atoms with van der Waals surface area (Å²) in [5, 5.41) is 4.11. The quantitative estimate of drug-likeness (QED) is 0.776. The summed E-state index contributed by atoms with van der Waals surface area (Å²) in [6.07, 6.45) is 1.65. The van der Waals surface area contributed by atoms with Gasteiger partial charge in [-0.1, -0.05) is 0 Å². The molecular weight excluding hydrogens is 228 g/mol. The van der Waals surface area contributed by atoms with Crippen molar-refractivity contribution in [3.8, 4) is 5.75 Å². The number of ketones is 1. The summed E-state index contributed by atoms with van der Waals surface area (Å²) < 4.78 is 6.88. The zero-order valence-corrected chi connectivity index (χ0v) is 10.8. The number of ether oxygens (including phenoxy) is 1. The smallest absolute Gasteiger partial charge is 0.211 e. The number of hydrogen-bond donors (Lipinski definition) is 0. The van der Waals surface area contributed by atoms with Gasteiger partial charge in [0, 0.05) is 18.3 Å². The third kappa shape index (κ3) is 2.14. The molecule has 0 aliphatic heterocycles. The fourth-order valence-electron chi connectivity index (χ4n) is 1.95. The molecule has 0 atom stereocenters. The fourth-order valence-corrected chi connectivity index (χ4v) is 1.95. The maximum atomic E-state index is 12.3. The van der Waals surface area contributed by atoms with Gasteiger partial charge in [-0.2, -0.15) is 5.10 Å². The van der Waals surface area contributed by atoms with Gasteiger partial charge in [-0.25, -0.2) is 0 Å². The first-order valence-corrected chi connectivity index (χ1v) is 5.88. The second kappa shape index (κ2) is 5.04. The van der Waals surface area contributed by atoms with E-state index in [0.29, 0.717) is 17.8 Å². The van der Waals surface area contributed by atoms with Gasteiger partial charge in [0.2, 0.25) is 5.78 Å². The summed E-state index contributed by atoms with van der Waals surface area (Å²) in [6, 6.07) is 7.18. The standard InChI is InChI=1S/C14H16N2O2/c1-4-16-12(7-8-15-16)14(17)11-5-6-13(18-3)10(2)9-11/h5-9H,4H2,1-3H3. The molecule has 0 fully saturated rings. The van der Waals surface area contributed by atoms with Crippen molar-refractivity contribution in [2.45, 2.75) is 20.4 Å². The van der Waals surface area contributed by atoms with Crippen LogP contribution in [0.25, 0.3) is 0 Å². The van der Waals surface area contributed by atoms with Gasteiger partial charge < -0.3 is 4.74 Å². The summed E-state index contributed by atoms with van der Waals surface area (Å²) in [5.41, 5.74) is 2.22. The van der Waals surface area contributed by atoms with E-state index in [4.69, 9.17) is 4.74 Å². The van der Waals surface area contributed by atoms with Crippen LogP contribution in [0.15, 0.2) is 30.5 Å². The normalized spacial score (nSPS) is 10.4. The van der Waals surface area contributed by atoms with Crippen LogP contribution in [0.5, 0.6) is 5.75 Å². The van der Waals surface area contributed by atoms with Crippen LogP contribution >= 0.6 is 0 Å². The Balaban J connectivity index is 2.37. The number of nitrogens with zero attached hydrogens (tertiary/aromatic N) is 2. The first-order chi connectivity index (χ1) is 8.67. The van der Waals surface area contributed by atoms with Gasteiger partial charge >= 0.3 is 0 Å². The Kier molecular flexibility index (Phi) is 3.46. The summed E-state index contributed by atoms with van der Waals surface area (Å²) in [4.78, 5) is 12.3. The molecule has 0 saturated heterocycles. The van der Waals surface area contributed by atoms with Crippen LogP contribution in [0.2, 0.25) is 0 Å². The maximum absolute atomic E-state index is 12.3. The number of rotatable bonds is 4. The summed E-state index contributed by atoms with van der Waals surface area (Å²) >= 11 is 0. The second-order valence-corrected chi connectivity index (χ2v) is 4.05. The van der Waals surface area contributed by atoms with Crippen LogP contribution < -0.4 is 4.74 Å². The van der Waals surface area contributed by atoms with Gasteiger partial charge in [0.25, 0.3) is 0 Å². The SMILES string of the molecule is CCn1nccc1C(=O)c1ccc(OC)c(C)c1. The lowest BCUT2D eigenvalue weighted by Gasteiger charge is -2.07. The molecule has 18 heavy (non-hydrogen) atoms. The first-order valence-electron chi connectivity index (χ1n) is 5.88. The van der Waals surface area contributed by atoms with Crippen molar-refractivity contribution in [2.24, 2.45) is 0 Å². The number of carbonyl (C=O) groups excluding carboxylic acids is 1. The average Bonchev–Trinajstić information content (AvgIpc) is 2.86. The van der Waals surface area contributed by atoms with Crippen LogP contribution in [-0.2, 0) is 6.54 Å². The molecule has 1 heterocycles. The van der Waals surface area contributed by atoms with Crippen molar-refractivity contribution in [3.05, 3.63) is 47.3 Å². The maximum Gasteiger partial charge on any atom is 0.211 e. The molecule has 4 heteroatoms. The topological polar surface area (TPSA) is 44.1 Å². The zero-order valence-electron chi connectivity index (χ0n) is 10.8. The van der Waals surface area contributed by atoms with E-state index in [0.717, 1.165) is 11.3 Å².